The van der Waals surface area contributed by atoms with E-state index in [0.717, 1.165) is 16.5 Å². The standard InChI is InChI=1S/C13H8ClN5O.CH4O3S/c14-8-1-2-10-9(5-8)12-17-11(7-3-4-20-6-7)18-19(12)13(15)16-10;1-5(2,3)4/h1-6H,(H2,15,16);1H3,(H,2,3,4). The first-order valence-electron chi connectivity index (χ1n) is 6.79. The molecule has 0 saturated heterocycles. The molecule has 130 valence electrons. The number of anilines is 1. The molecule has 3 N–H and O–H groups in total. The summed E-state index contributed by atoms with van der Waals surface area (Å²) in [5.41, 5.74) is 8.05. The smallest absolute Gasteiger partial charge is 0.261 e. The molecule has 0 bridgehead atoms. The summed E-state index contributed by atoms with van der Waals surface area (Å²) in [6.07, 6.45) is 3.86. The number of nitrogens with two attached hydrogens (primary N) is 1. The largest absolute Gasteiger partial charge is 0.472 e. The fraction of sp³-hybridized carbons (Fsp3) is 0.0714. The molecule has 11 heteroatoms. The summed E-state index contributed by atoms with van der Waals surface area (Å²) in [6.45, 7) is 0. The molecule has 0 spiro atoms. The molecular formula is C14H12ClN5O4S. The average Bonchev–Trinajstić information content (AvgIpc) is 3.15. The van der Waals surface area contributed by atoms with Crippen molar-refractivity contribution in [3.05, 3.63) is 41.8 Å². The first-order valence-corrected chi connectivity index (χ1v) is 9.01. The van der Waals surface area contributed by atoms with Crippen molar-refractivity contribution in [2.24, 2.45) is 0 Å². The van der Waals surface area contributed by atoms with Gasteiger partial charge in [-0.15, -0.1) is 5.10 Å². The molecule has 1 aromatic carbocycles. The van der Waals surface area contributed by atoms with E-state index in [-0.39, 0.29) is 5.95 Å². The van der Waals surface area contributed by atoms with Gasteiger partial charge in [-0.3, -0.25) is 4.55 Å². The van der Waals surface area contributed by atoms with Crippen LogP contribution < -0.4 is 5.73 Å². The first kappa shape index (κ1) is 17.1. The second kappa shape index (κ2) is 6.31. The zero-order valence-corrected chi connectivity index (χ0v) is 14.4. The van der Waals surface area contributed by atoms with Crippen LogP contribution in [0.25, 0.3) is 27.9 Å². The number of hydrogen-bond acceptors (Lipinski definition) is 7. The zero-order chi connectivity index (χ0) is 18.2. The molecule has 9 nitrogen and oxygen atoms in total. The van der Waals surface area contributed by atoms with Crippen molar-refractivity contribution in [1.82, 2.24) is 19.6 Å². The maximum Gasteiger partial charge on any atom is 0.261 e. The van der Waals surface area contributed by atoms with Crippen molar-refractivity contribution in [3.8, 4) is 11.4 Å². The van der Waals surface area contributed by atoms with Crippen LogP contribution in [0.15, 0.2) is 41.2 Å². The lowest BCUT2D eigenvalue weighted by molar-refractivity contribution is 0.490. The first-order chi connectivity index (χ1) is 11.7. The molecule has 0 aliphatic heterocycles. The number of furan rings is 1. The van der Waals surface area contributed by atoms with Crippen LogP contribution in [0.4, 0.5) is 5.95 Å². The quantitative estimate of drug-likeness (QED) is 0.479. The van der Waals surface area contributed by atoms with Crippen LogP contribution in [0.2, 0.25) is 5.02 Å². The zero-order valence-electron chi connectivity index (χ0n) is 12.8. The number of fused-ring (bicyclic) bond motifs is 3. The molecule has 0 aliphatic carbocycles. The van der Waals surface area contributed by atoms with Gasteiger partial charge in [0, 0.05) is 10.4 Å². The van der Waals surface area contributed by atoms with Crippen LogP contribution in [0.3, 0.4) is 0 Å². The number of aromatic nitrogens is 4. The van der Waals surface area contributed by atoms with Crippen LogP contribution in [-0.2, 0) is 10.1 Å². The summed E-state index contributed by atoms with van der Waals surface area (Å²) in [5, 5.41) is 5.76. The maximum absolute atomic E-state index is 9.19. The fourth-order valence-corrected chi connectivity index (χ4v) is 2.29. The molecule has 0 atom stereocenters. The molecule has 0 saturated carbocycles. The molecule has 0 radical (unpaired) electrons. The van der Waals surface area contributed by atoms with Crippen molar-refractivity contribution in [1.29, 1.82) is 0 Å². The minimum absolute atomic E-state index is 0.275. The van der Waals surface area contributed by atoms with Crippen LogP contribution in [-0.4, -0.2) is 38.8 Å². The Morgan fingerprint density at radius 3 is 2.64 bits per heavy atom. The molecular weight excluding hydrogens is 370 g/mol. The number of benzene rings is 1. The summed E-state index contributed by atoms with van der Waals surface area (Å²) in [5.74, 6) is 0.803. The second-order valence-electron chi connectivity index (χ2n) is 5.05. The normalized spacial score (nSPS) is 11.5. The Morgan fingerprint density at radius 2 is 2.00 bits per heavy atom. The van der Waals surface area contributed by atoms with E-state index in [1.54, 1.807) is 36.8 Å². The average molecular weight is 382 g/mol. The minimum atomic E-state index is -3.67. The summed E-state index contributed by atoms with van der Waals surface area (Å²) < 4.78 is 32.4. The number of nitrogens with zero attached hydrogens (tertiary/aromatic N) is 4. The predicted molar refractivity (Wildman–Crippen MR) is 92.9 cm³/mol. The molecule has 0 aliphatic rings. The molecule has 4 aromatic rings. The van der Waals surface area contributed by atoms with Gasteiger partial charge in [-0.05, 0) is 24.3 Å². The third kappa shape index (κ3) is 3.87. The van der Waals surface area contributed by atoms with Crippen LogP contribution >= 0.6 is 11.6 Å². The highest BCUT2D eigenvalue weighted by molar-refractivity contribution is 7.85. The Hall–Kier alpha value is -2.69. The monoisotopic (exact) mass is 381 g/mol. The van der Waals surface area contributed by atoms with Gasteiger partial charge < -0.3 is 10.2 Å². The molecule has 3 aromatic heterocycles. The lowest BCUT2D eigenvalue weighted by Gasteiger charge is -2.02. The van der Waals surface area contributed by atoms with Gasteiger partial charge in [-0.25, -0.2) is 9.97 Å². The number of nitrogen functional groups attached to an aromatic ring is 1. The Morgan fingerprint density at radius 1 is 1.28 bits per heavy atom. The van der Waals surface area contributed by atoms with Gasteiger partial charge in [0.05, 0.1) is 23.6 Å². The molecule has 3 heterocycles. The topological polar surface area (TPSA) is 137 Å². The van der Waals surface area contributed by atoms with Gasteiger partial charge >= 0.3 is 0 Å². The van der Waals surface area contributed by atoms with E-state index in [0.29, 0.717) is 22.7 Å². The van der Waals surface area contributed by atoms with E-state index in [1.165, 1.54) is 4.52 Å². The highest BCUT2D eigenvalue weighted by Gasteiger charge is 2.13. The van der Waals surface area contributed by atoms with E-state index in [4.69, 9.17) is 26.3 Å². The Kier molecular flexibility index (Phi) is 4.33. The molecule has 0 fully saturated rings. The van der Waals surface area contributed by atoms with Gasteiger partial charge in [0.25, 0.3) is 10.1 Å². The minimum Gasteiger partial charge on any atom is -0.472 e. The van der Waals surface area contributed by atoms with Gasteiger partial charge in [-0.2, -0.15) is 12.9 Å². The van der Waals surface area contributed by atoms with Crippen LogP contribution in [0, 0.1) is 0 Å². The maximum atomic E-state index is 9.19. The SMILES string of the molecule is CS(=O)(=O)O.Nc1nc2ccc(Cl)cc2c2nc(-c3ccoc3)nn12. The predicted octanol–water partition coefficient (Wildman–Crippen LogP) is 2.28. The van der Waals surface area contributed by atoms with Gasteiger partial charge in [0.2, 0.25) is 5.95 Å². The third-order valence-electron chi connectivity index (χ3n) is 3.04. The Labute approximate surface area is 146 Å². The Balaban J connectivity index is 0.000000324. The molecule has 4 rings (SSSR count). The molecule has 0 unspecified atom stereocenters. The van der Waals surface area contributed by atoms with E-state index in [1.807, 2.05) is 0 Å². The van der Waals surface area contributed by atoms with Crippen molar-refractivity contribution in [3.63, 3.8) is 0 Å². The van der Waals surface area contributed by atoms with E-state index < -0.39 is 10.1 Å². The van der Waals surface area contributed by atoms with Crippen molar-refractivity contribution < 1.29 is 17.4 Å². The van der Waals surface area contributed by atoms with E-state index in [9.17, 15) is 8.42 Å². The highest BCUT2D eigenvalue weighted by atomic mass is 35.5. The summed E-state index contributed by atoms with van der Waals surface area (Å²) in [7, 11) is -3.67. The van der Waals surface area contributed by atoms with Crippen molar-refractivity contribution in [2.45, 2.75) is 0 Å². The third-order valence-corrected chi connectivity index (χ3v) is 3.27. The van der Waals surface area contributed by atoms with E-state index in [2.05, 4.69) is 15.1 Å². The number of halogens is 1. The highest BCUT2D eigenvalue weighted by Crippen LogP contribution is 2.25. The number of rotatable bonds is 1. The van der Waals surface area contributed by atoms with Gasteiger partial charge in [-0.1, -0.05) is 11.6 Å². The second-order valence-corrected chi connectivity index (χ2v) is 6.95. The van der Waals surface area contributed by atoms with E-state index >= 15 is 0 Å². The summed E-state index contributed by atoms with van der Waals surface area (Å²) in [6, 6.07) is 7.15. The van der Waals surface area contributed by atoms with Crippen molar-refractivity contribution in [2.75, 3.05) is 12.0 Å². The number of hydrogen-bond donors (Lipinski definition) is 2. The van der Waals surface area contributed by atoms with Crippen molar-refractivity contribution >= 4 is 44.2 Å². The summed E-state index contributed by atoms with van der Waals surface area (Å²) in [4.78, 5) is 8.79. The molecule has 0 amide bonds. The van der Waals surface area contributed by atoms with Crippen LogP contribution in [0.1, 0.15) is 0 Å². The fourth-order valence-electron chi connectivity index (χ4n) is 2.12. The summed E-state index contributed by atoms with van der Waals surface area (Å²) >= 11 is 6.03. The Bertz CT molecular complexity index is 1150. The van der Waals surface area contributed by atoms with Gasteiger partial charge in [0.15, 0.2) is 11.5 Å². The van der Waals surface area contributed by atoms with Gasteiger partial charge in [0.1, 0.15) is 6.26 Å². The lowest BCUT2D eigenvalue weighted by atomic mass is 10.2. The molecule has 25 heavy (non-hydrogen) atoms. The van der Waals surface area contributed by atoms with Crippen LogP contribution in [0.5, 0.6) is 0 Å². The lowest BCUT2D eigenvalue weighted by Crippen LogP contribution is -2.02.